The number of benzene rings is 2. The molecule has 2 heterocycles. The highest BCUT2D eigenvalue weighted by Crippen LogP contribution is 2.19. The van der Waals surface area contributed by atoms with Crippen LogP contribution in [0.5, 0.6) is 0 Å². The summed E-state index contributed by atoms with van der Waals surface area (Å²) in [5, 5.41) is 3.44. The van der Waals surface area contributed by atoms with E-state index in [1.54, 1.807) is 42.5 Å². The molecule has 1 amide bonds. The molecule has 2 aromatic heterocycles. The van der Waals surface area contributed by atoms with E-state index in [4.69, 9.17) is 13.6 Å². The maximum atomic E-state index is 12.2. The van der Waals surface area contributed by atoms with Crippen molar-refractivity contribution in [2.45, 2.75) is 0 Å². The molecule has 0 saturated carbocycles. The van der Waals surface area contributed by atoms with Gasteiger partial charge in [-0.15, -0.1) is 0 Å². The predicted octanol–water partition coefficient (Wildman–Crippen LogP) is 4.32. The average molecular weight is 389 g/mol. The molecule has 144 valence electrons. The zero-order chi connectivity index (χ0) is 20.2. The fourth-order valence-corrected chi connectivity index (χ4v) is 2.69. The molecule has 7 nitrogen and oxygen atoms in total. The number of carbonyl (C=O) groups is 3. The van der Waals surface area contributed by atoms with Crippen molar-refractivity contribution in [3.63, 3.8) is 0 Å². The van der Waals surface area contributed by atoms with Crippen molar-refractivity contribution in [1.82, 2.24) is 0 Å². The number of ketones is 1. The van der Waals surface area contributed by atoms with Gasteiger partial charge in [0.25, 0.3) is 5.91 Å². The van der Waals surface area contributed by atoms with Gasteiger partial charge in [0.2, 0.25) is 5.78 Å². The van der Waals surface area contributed by atoms with Crippen molar-refractivity contribution in [3.05, 3.63) is 90.1 Å². The molecular weight excluding hydrogens is 374 g/mol. The molecule has 0 fully saturated rings. The van der Waals surface area contributed by atoms with Crippen LogP contribution in [0.2, 0.25) is 0 Å². The summed E-state index contributed by atoms with van der Waals surface area (Å²) in [6, 6.07) is 18.1. The summed E-state index contributed by atoms with van der Waals surface area (Å²) in [5.74, 6) is -1.18. The van der Waals surface area contributed by atoms with E-state index in [1.807, 2.05) is 12.1 Å². The summed E-state index contributed by atoms with van der Waals surface area (Å²) in [7, 11) is 0. The summed E-state index contributed by atoms with van der Waals surface area (Å²) in [5.41, 5.74) is 1.33. The van der Waals surface area contributed by atoms with E-state index in [-0.39, 0.29) is 17.1 Å². The Morgan fingerprint density at radius 3 is 2.41 bits per heavy atom. The van der Waals surface area contributed by atoms with Crippen LogP contribution in [0.3, 0.4) is 0 Å². The van der Waals surface area contributed by atoms with Crippen LogP contribution in [0.25, 0.3) is 11.0 Å². The summed E-state index contributed by atoms with van der Waals surface area (Å²) >= 11 is 0. The van der Waals surface area contributed by atoms with Gasteiger partial charge in [0, 0.05) is 11.1 Å². The number of nitrogens with one attached hydrogen (secondary N) is 1. The monoisotopic (exact) mass is 389 g/mol. The maximum Gasteiger partial charge on any atom is 0.338 e. The molecule has 0 unspecified atom stereocenters. The Bertz CT molecular complexity index is 1140. The standard InChI is InChI=1S/C22H15NO6/c24-17(20-12-15-4-1-2-5-18(15)29-20)13-28-22(26)14-7-9-16(10-8-14)23-21(25)19-6-3-11-27-19/h1-12H,13H2,(H,23,25). The first-order valence-corrected chi connectivity index (χ1v) is 8.74. The fraction of sp³-hybridized carbons (Fsp3) is 0.0455. The number of furan rings is 2. The van der Waals surface area contributed by atoms with Gasteiger partial charge < -0.3 is 18.9 Å². The molecule has 0 bridgehead atoms. The fourth-order valence-electron chi connectivity index (χ4n) is 2.69. The highest BCUT2D eigenvalue weighted by atomic mass is 16.5. The van der Waals surface area contributed by atoms with Gasteiger partial charge in [0.15, 0.2) is 18.1 Å². The van der Waals surface area contributed by atoms with Crippen molar-refractivity contribution in [2.75, 3.05) is 11.9 Å². The van der Waals surface area contributed by atoms with Gasteiger partial charge in [0.1, 0.15) is 5.58 Å². The number of anilines is 1. The Balaban J connectivity index is 1.34. The topological polar surface area (TPSA) is 98.8 Å². The highest BCUT2D eigenvalue weighted by Gasteiger charge is 2.16. The Hall–Kier alpha value is -4.13. The van der Waals surface area contributed by atoms with Crippen molar-refractivity contribution >= 4 is 34.3 Å². The second-order valence-electron chi connectivity index (χ2n) is 6.16. The number of para-hydroxylation sites is 1. The zero-order valence-electron chi connectivity index (χ0n) is 15.1. The Kier molecular flexibility index (Phi) is 4.94. The summed E-state index contributed by atoms with van der Waals surface area (Å²) < 4.78 is 15.5. The molecule has 0 aliphatic heterocycles. The SMILES string of the molecule is O=C(OCC(=O)c1cc2ccccc2o1)c1ccc(NC(=O)c2ccco2)cc1. The minimum absolute atomic E-state index is 0.134. The molecule has 1 N–H and O–H groups in total. The number of amides is 1. The van der Waals surface area contributed by atoms with E-state index in [1.165, 1.54) is 18.4 Å². The molecule has 0 aliphatic rings. The molecule has 0 aliphatic carbocycles. The maximum absolute atomic E-state index is 12.2. The van der Waals surface area contributed by atoms with E-state index >= 15 is 0 Å². The van der Waals surface area contributed by atoms with Crippen molar-refractivity contribution in [2.24, 2.45) is 0 Å². The van der Waals surface area contributed by atoms with Crippen molar-refractivity contribution < 1.29 is 28.0 Å². The third kappa shape index (κ3) is 4.08. The molecule has 29 heavy (non-hydrogen) atoms. The number of hydrogen-bond acceptors (Lipinski definition) is 6. The summed E-state index contributed by atoms with van der Waals surface area (Å²) in [6.07, 6.45) is 1.40. The van der Waals surface area contributed by atoms with Crippen LogP contribution >= 0.6 is 0 Å². The third-order valence-corrected chi connectivity index (χ3v) is 4.16. The van der Waals surface area contributed by atoms with E-state index in [0.29, 0.717) is 11.3 Å². The molecule has 7 heteroatoms. The van der Waals surface area contributed by atoms with Gasteiger partial charge in [-0.25, -0.2) is 4.79 Å². The molecule has 0 saturated heterocycles. The Morgan fingerprint density at radius 2 is 1.69 bits per heavy atom. The number of ether oxygens (including phenoxy) is 1. The molecule has 4 rings (SSSR count). The first kappa shape index (κ1) is 18.2. The third-order valence-electron chi connectivity index (χ3n) is 4.16. The molecule has 0 radical (unpaired) electrons. The number of Topliss-reactive ketones (excluding diaryl/α,β-unsaturated/α-hetero) is 1. The predicted molar refractivity (Wildman–Crippen MR) is 104 cm³/mol. The molecule has 0 spiro atoms. The highest BCUT2D eigenvalue weighted by molar-refractivity contribution is 6.03. The lowest BCUT2D eigenvalue weighted by Crippen LogP contribution is -2.14. The second-order valence-corrected chi connectivity index (χ2v) is 6.16. The summed E-state index contributed by atoms with van der Waals surface area (Å²) in [6.45, 7) is -0.435. The number of hydrogen-bond donors (Lipinski definition) is 1. The Morgan fingerprint density at radius 1 is 0.897 bits per heavy atom. The number of fused-ring (bicyclic) bond motifs is 1. The first-order valence-electron chi connectivity index (χ1n) is 8.74. The lowest BCUT2D eigenvalue weighted by atomic mass is 10.2. The van der Waals surface area contributed by atoms with Gasteiger partial charge >= 0.3 is 5.97 Å². The van der Waals surface area contributed by atoms with E-state index in [9.17, 15) is 14.4 Å². The minimum atomic E-state index is -0.654. The number of rotatable bonds is 6. The van der Waals surface area contributed by atoms with Crippen LogP contribution in [-0.4, -0.2) is 24.3 Å². The van der Waals surface area contributed by atoms with E-state index < -0.39 is 24.3 Å². The van der Waals surface area contributed by atoms with Crippen LogP contribution in [-0.2, 0) is 4.74 Å². The van der Waals surface area contributed by atoms with Crippen LogP contribution in [0.4, 0.5) is 5.69 Å². The van der Waals surface area contributed by atoms with Gasteiger partial charge in [0.05, 0.1) is 11.8 Å². The molecular formula is C22H15NO6. The van der Waals surface area contributed by atoms with Crippen LogP contribution in [0.15, 0.2) is 81.8 Å². The molecule has 0 atom stereocenters. The largest absolute Gasteiger partial charge is 0.459 e. The van der Waals surface area contributed by atoms with Crippen molar-refractivity contribution in [1.29, 1.82) is 0 Å². The smallest absolute Gasteiger partial charge is 0.338 e. The van der Waals surface area contributed by atoms with Crippen LogP contribution < -0.4 is 5.32 Å². The minimum Gasteiger partial charge on any atom is -0.459 e. The summed E-state index contributed by atoms with van der Waals surface area (Å²) in [4.78, 5) is 36.3. The molecule has 2 aromatic carbocycles. The Labute approximate surface area is 164 Å². The van der Waals surface area contributed by atoms with Crippen LogP contribution in [0, 0.1) is 0 Å². The first-order chi connectivity index (χ1) is 14.1. The van der Waals surface area contributed by atoms with Gasteiger partial charge in [-0.3, -0.25) is 9.59 Å². The number of carbonyl (C=O) groups excluding carboxylic acids is 3. The normalized spacial score (nSPS) is 10.6. The molecule has 4 aromatic rings. The van der Waals surface area contributed by atoms with Crippen LogP contribution in [0.1, 0.15) is 31.5 Å². The van der Waals surface area contributed by atoms with Gasteiger partial charge in [-0.1, -0.05) is 18.2 Å². The second kappa shape index (κ2) is 7.85. The van der Waals surface area contributed by atoms with Gasteiger partial charge in [-0.2, -0.15) is 0 Å². The zero-order valence-corrected chi connectivity index (χ0v) is 15.1. The number of esters is 1. The van der Waals surface area contributed by atoms with Crippen molar-refractivity contribution in [3.8, 4) is 0 Å². The lowest BCUT2D eigenvalue weighted by Gasteiger charge is -2.06. The lowest BCUT2D eigenvalue weighted by molar-refractivity contribution is 0.0468. The van der Waals surface area contributed by atoms with E-state index in [2.05, 4.69) is 5.32 Å². The van der Waals surface area contributed by atoms with Gasteiger partial charge in [-0.05, 0) is 48.5 Å². The quantitative estimate of drug-likeness (QED) is 0.390. The van der Waals surface area contributed by atoms with E-state index in [0.717, 1.165) is 5.39 Å². The average Bonchev–Trinajstić information content (AvgIpc) is 3.42.